The second kappa shape index (κ2) is 7.00. The molecule has 0 bridgehead atoms. The van der Waals surface area contributed by atoms with Crippen LogP contribution in [0.3, 0.4) is 0 Å². The summed E-state index contributed by atoms with van der Waals surface area (Å²) in [7, 11) is 0. The van der Waals surface area contributed by atoms with Crippen molar-refractivity contribution < 1.29 is 4.79 Å². The lowest BCUT2D eigenvalue weighted by Gasteiger charge is -2.05. The van der Waals surface area contributed by atoms with E-state index >= 15 is 0 Å². The number of aromatic amines is 2. The Morgan fingerprint density at radius 1 is 0.893 bits per heavy atom. The Balaban J connectivity index is 1.56. The summed E-state index contributed by atoms with van der Waals surface area (Å²) in [5.41, 5.74) is 2.54. The van der Waals surface area contributed by atoms with Gasteiger partial charge in [0.2, 0.25) is 5.91 Å². The molecule has 4 rings (SSSR count). The number of benzene rings is 2. The van der Waals surface area contributed by atoms with Crippen LogP contribution in [0.1, 0.15) is 11.1 Å². The van der Waals surface area contributed by atoms with Gasteiger partial charge < -0.3 is 15.3 Å². The zero-order chi connectivity index (χ0) is 19.7. The van der Waals surface area contributed by atoms with E-state index in [1.54, 1.807) is 31.2 Å². The van der Waals surface area contributed by atoms with Crippen LogP contribution >= 0.6 is 0 Å². The average molecular weight is 371 g/mol. The van der Waals surface area contributed by atoms with Crippen LogP contribution in [0.4, 0.5) is 5.69 Å². The van der Waals surface area contributed by atoms with E-state index < -0.39 is 0 Å². The smallest absolute Gasteiger partial charge is 0.255 e. The SMILES string of the molecule is Cc1cc2ccc(NC(=O)/C=C/c3cc4ccccc4[nH]c3=O)cc2[nH]c1=O. The molecule has 6 nitrogen and oxygen atoms in total. The van der Waals surface area contributed by atoms with Gasteiger partial charge in [-0.25, -0.2) is 0 Å². The number of fused-ring (bicyclic) bond motifs is 2. The minimum absolute atomic E-state index is 0.161. The zero-order valence-corrected chi connectivity index (χ0v) is 15.1. The van der Waals surface area contributed by atoms with E-state index in [1.165, 1.54) is 12.2 Å². The summed E-state index contributed by atoms with van der Waals surface area (Å²) in [6.45, 7) is 1.74. The van der Waals surface area contributed by atoms with E-state index in [1.807, 2.05) is 30.3 Å². The minimum atomic E-state index is -0.374. The van der Waals surface area contributed by atoms with Gasteiger partial charge >= 0.3 is 0 Å². The lowest BCUT2D eigenvalue weighted by molar-refractivity contribution is -0.111. The normalized spacial score (nSPS) is 11.3. The van der Waals surface area contributed by atoms with Crippen molar-refractivity contribution in [2.75, 3.05) is 5.32 Å². The fourth-order valence-electron chi connectivity index (χ4n) is 3.03. The quantitative estimate of drug-likeness (QED) is 0.482. The number of rotatable bonds is 3. The number of nitrogens with one attached hydrogen (secondary N) is 3. The molecule has 2 aromatic carbocycles. The molecule has 0 spiro atoms. The summed E-state index contributed by atoms with van der Waals surface area (Å²) in [5, 5.41) is 4.50. The van der Waals surface area contributed by atoms with E-state index in [9.17, 15) is 14.4 Å². The van der Waals surface area contributed by atoms with Gasteiger partial charge in [-0.2, -0.15) is 0 Å². The Morgan fingerprint density at radius 3 is 2.50 bits per heavy atom. The molecule has 1 amide bonds. The molecule has 4 aromatic rings. The highest BCUT2D eigenvalue weighted by molar-refractivity contribution is 6.03. The van der Waals surface area contributed by atoms with E-state index in [-0.39, 0.29) is 17.0 Å². The van der Waals surface area contributed by atoms with Crippen LogP contribution in [0.25, 0.3) is 27.9 Å². The molecule has 0 saturated carbocycles. The molecule has 0 atom stereocenters. The molecule has 6 heteroatoms. The van der Waals surface area contributed by atoms with Gasteiger partial charge in [-0.05, 0) is 54.1 Å². The van der Waals surface area contributed by atoms with Crippen molar-refractivity contribution in [2.45, 2.75) is 6.92 Å². The van der Waals surface area contributed by atoms with Gasteiger partial charge in [-0.15, -0.1) is 0 Å². The predicted octanol–water partition coefficient (Wildman–Crippen LogP) is 3.33. The number of pyridine rings is 2. The van der Waals surface area contributed by atoms with E-state index in [4.69, 9.17) is 0 Å². The second-order valence-electron chi connectivity index (χ2n) is 6.55. The lowest BCUT2D eigenvalue weighted by Crippen LogP contribution is -2.11. The van der Waals surface area contributed by atoms with Gasteiger partial charge in [0.25, 0.3) is 11.1 Å². The predicted molar refractivity (Wildman–Crippen MR) is 112 cm³/mol. The van der Waals surface area contributed by atoms with Gasteiger partial charge in [0, 0.05) is 28.4 Å². The number of aromatic nitrogens is 2. The fraction of sp³-hybridized carbons (Fsp3) is 0.0455. The maximum absolute atomic E-state index is 12.2. The molecule has 138 valence electrons. The first kappa shape index (κ1) is 17.5. The Hall–Kier alpha value is -3.93. The lowest BCUT2D eigenvalue weighted by atomic mass is 10.1. The standard InChI is InChI=1S/C22H17N3O3/c1-13-10-15-6-8-17(12-19(15)25-21(13)27)23-20(26)9-7-16-11-14-4-2-3-5-18(14)24-22(16)28/h2-12H,1H3,(H,23,26)(H,24,28)(H,25,27)/b9-7+. The topological polar surface area (TPSA) is 94.8 Å². The van der Waals surface area contributed by atoms with E-state index in [0.29, 0.717) is 22.3 Å². The van der Waals surface area contributed by atoms with Crippen molar-refractivity contribution in [3.05, 3.63) is 92.5 Å². The average Bonchev–Trinajstić information content (AvgIpc) is 2.67. The van der Waals surface area contributed by atoms with Gasteiger partial charge in [0.1, 0.15) is 0 Å². The van der Waals surface area contributed by atoms with Crippen molar-refractivity contribution in [3.63, 3.8) is 0 Å². The minimum Gasteiger partial charge on any atom is -0.322 e. The van der Waals surface area contributed by atoms with E-state index in [2.05, 4.69) is 15.3 Å². The molecule has 0 aliphatic carbocycles. The van der Waals surface area contributed by atoms with Crippen molar-refractivity contribution in [1.82, 2.24) is 9.97 Å². The van der Waals surface area contributed by atoms with Crippen molar-refractivity contribution in [1.29, 1.82) is 0 Å². The molecular weight excluding hydrogens is 354 g/mol. The van der Waals surface area contributed by atoms with Gasteiger partial charge in [0.05, 0.1) is 5.52 Å². The Kier molecular flexibility index (Phi) is 4.37. The number of carbonyl (C=O) groups excluding carboxylic acids is 1. The van der Waals surface area contributed by atoms with Crippen LogP contribution in [-0.4, -0.2) is 15.9 Å². The third-order valence-electron chi connectivity index (χ3n) is 4.50. The first-order chi connectivity index (χ1) is 13.5. The monoisotopic (exact) mass is 371 g/mol. The summed E-state index contributed by atoms with van der Waals surface area (Å²) in [4.78, 5) is 41.7. The molecule has 0 unspecified atom stereocenters. The molecule has 0 radical (unpaired) electrons. The van der Waals surface area contributed by atoms with Gasteiger partial charge in [0.15, 0.2) is 0 Å². The summed E-state index contributed by atoms with van der Waals surface area (Å²) < 4.78 is 0. The number of aryl methyl sites for hydroxylation is 1. The number of hydrogen-bond donors (Lipinski definition) is 3. The molecule has 0 aliphatic rings. The zero-order valence-electron chi connectivity index (χ0n) is 15.1. The molecule has 0 saturated heterocycles. The summed E-state index contributed by atoms with van der Waals surface area (Å²) >= 11 is 0. The van der Waals surface area contributed by atoms with Gasteiger partial charge in [-0.1, -0.05) is 24.3 Å². The number of H-pyrrole nitrogens is 2. The maximum atomic E-state index is 12.2. The third-order valence-corrected chi connectivity index (χ3v) is 4.50. The van der Waals surface area contributed by atoms with Crippen molar-refractivity contribution in [3.8, 4) is 0 Å². The van der Waals surface area contributed by atoms with Crippen molar-refractivity contribution >= 4 is 39.5 Å². The molecule has 3 N–H and O–H groups in total. The second-order valence-corrected chi connectivity index (χ2v) is 6.55. The maximum Gasteiger partial charge on any atom is 0.255 e. The molecule has 0 aliphatic heterocycles. The van der Waals surface area contributed by atoms with Gasteiger partial charge in [-0.3, -0.25) is 14.4 Å². The first-order valence-electron chi connectivity index (χ1n) is 8.74. The summed E-state index contributed by atoms with van der Waals surface area (Å²) in [6, 6.07) is 16.3. The highest BCUT2D eigenvalue weighted by atomic mass is 16.1. The largest absolute Gasteiger partial charge is 0.322 e. The number of para-hydroxylation sites is 1. The number of amides is 1. The third kappa shape index (κ3) is 3.48. The number of anilines is 1. The van der Waals surface area contributed by atoms with E-state index in [0.717, 1.165) is 16.3 Å². The number of hydrogen-bond acceptors (Lipinski definition) is 3. The van der Waals surface area contributed by atoms with Crippen LogP contribution in [0.5, 0.6) is 0 Å². The Bertz CT molecular complexity index is 1360. The fourth-order valence-corrected chi connectivity index (χ4v) is 3.03. The summed E-state index contributed by atoms with van der Waals surface area (Å²) in [6.07, 6.45) is 2.79. The van der Waals surface area contributed by atoms with Crippen LogP contribution in [0.15, 0.2) is 70.3 Å². The van der Waals surface area contributed by atoms with Crippen LogP contribution in [-0.2, 0) is 4.79 Å². The first-order valence-corrected chi connectivity index (χ1v) is 8.74. The molecule has 28 heavy (non-hydrogen) atoms. The molecular formula is C22H17N3O3. The molecule has 2 aromatic heterocycles. The number of carbonyl (C=O) groups is 1. The Labute approximate surface area is 159 Å². The highest BCUT2D eigenvalue weighted by Crippen LogP contribution is 2.17. The molecule has 2 heterocycles. The highest BCUT2D eigenvalue weighted by Gasteiger charge is 2.04. The van der Waals surface area contributed by atoms with Crippen LogP contribution in [0.2, 0.25) is 0 Å². The summed E-state index contributed by atoms with van der Waals surface area (Å²) in [5.74, 6) is -0.374. The van der Waals surface area contributed by atoms with Crippen molar-refractivity contribution in [2.24, 2.45) is 0 Å². The van der Waals surface area contributed by atoms with Crippen LogP contribution in [0, 0.1) is 6.92 Å². The van der Waals surface area contributed by atoms with Crippen LogP contribution < -0.4 is 16.4 Å². The molecule has 0 fully saturated rings. The Morgan fingerprint density at radius 2 is 1.64 bits per heavy atom.